The van der Waals surface area contributed by atoms with Gasteiger partial charge in [-0.15, -0.1) is 0 Å². The van der Waals surface area contributed by atoms with E-state index in [-0.39, 0.29) is 53.4 Å². The summed E-state index contributed by atoms with van der Waals surface area (Å²) in [5.41, 5.74) is 2.41. The number of rotatable bonds is 8. The van der Waals surface area contributed by atoms with Gasteiger partial charge in [0.1, 0.15) is 12.1 Å². The van der Waals surface area contributed by atoms with Gasteiger partial charge in [-0.25, -0.2) is 4.79 Å². The van der Waals surface area contributed by atoms with Crippen molar-refractivity contribution in [3.05, 3.63) is 90.0 Å². The Kier molecular flexibility index (Phi) is 15.4. The summed E-state index contributed by atoms with van der Waals surface area (Å²) >= 11 is 4.08. The van der Waals surface area contributed by atoms with E-state index in [9.17, 15) is 19.2 Å². The van der Waals surface area contributed by atoms with Gasteiger partial charge in [-0.05, 0) is 88.4 Å². The number of nitrogens with zero attached hydrogens (tertiary/aromatic N) is 3. The monoisotopic (exact) mass is 740 g/mol. The van der Waals surface area contributed by atoms with Gasteiger partial charge in [-0.3, -0.25) is 19.3 Å². The molecule has 4 rings (SSSR count). The normalized spacial score (nSPS) is 12.5. The molecule has 0 spiro atoms. The summed E-state index contributed by atoms with van der Waals surface area (Å²) in [6.45, 7) is 9.68. The second-order valence-corrected chi connectivity index (χ2v) is 11.1. The van der Waals surface area contributed by atoms with E-state index >= 15 is 0 Å². The van der Waals surface area contributed by atoms with Crippen LogP contribution in [0.5, 0.6) is 0 Å². The van der Waals surface area contributed by atoms with Gasteiger partial charge < -0.3 is 37.2 Å². The minimum Gasteiger partial charge on any atom is -0.796 e. The fourth-order valence-electron chi connectivity index (χ4n) is 4.58. The number of amides is 3. The predicted molar refractivity (Wildman–Crippen MR) is 179 cm³/mol. The fourth-order valence-corrected chi connectivity index (χ4v) is 4.58. The molecule has 0 saturated carbocycles. The molecule has 1 saturated heterocycles. The van der Waals surface area contributed by atoms with E-state index in [2.05, 4.69) is 22.8 Å². The molecule has 0 aromatic heterocycles. The van der Waals surface area contributed by atoms with Crippen molar-refractivity contribution < 1.29 is 51.0 Å². The number of benzene rings is 3. The van der Waals surface area contributed by atoms with Crippen LogP contribution in [0.4, 0.5) is 21.9 Å². The zero-order valence-electron chi connectivity index (χ0n) is 26.7. The summed E-state index contributed by atoms with van der Waals surface area (Å²) in [7, 11) is 0. The maximum atomic E-state index is 13.2. The SMILES string of the molecule is CCOC(=O)CN(C(=O)c1ccccc1)c1ccc(NC(=O)c2ccc(N3CCN(C(=O)OC(C)(C)C)CC3)cc2)cc1.C[S-].[Ag+]. The zero-order valence-corrected chi connectivity index (χ0v) is 29.0. The maximum absolute atomic E-state index is 13.2. The number of hydrogen-bond donors (Lipinski definition) is 1. The van der Waals surface area contributed by atoms with Crippen LogP contribution in [-0.4, -0.2) is 80.0 Å². The summed E-state index contributed by atoms with van der Waals surface area (Å²) < 4.78 is 10.5. The number of hydrogen-bond acceptors (Lipinski definition) is 8. The molecule has 250 valence electrons. The first-order valence-electron chi connectivity index (χ1n) is 14.7. The largest absolute Gasteiger partial charge is 1.00 e. The van der Waals surface area contributed by atoms with Gasteiger partial charge >= 0.3 is 34.4 Å². The number of anilines is 3. The van der Waals surface area contributed by atoms with Crippen molar-refractivity contribution in [3.63, 3.8) is 0 Å². The third-order valence-corrected chi connectivity index (χ3v) is 6.72. The quantitative estimate of drug-likeness (QED) is 0.187. The molecule has 0 radical (unpaired) electrons. The third kappa shape index (κ3) is 11.2. The molecule has 10 nitrogen and oxygen atoms in total. The second kappa shape index (κ2) is 18.4. The van der Waals surface area contributed by atoms with Gasteiger partial charge in [-0.1, -0.05) is 18.2 Å². The zero-order chi connectivity index (χ0) is 33.0. The molecule has 1 aliphatic rings. The summed E-state index contributed by atoms with van der Waals surface area (Å²) in [5.74, 6) is -1.13. The van der Waals surface area contributed by atoms with Crippen molar-refractivity contribution >= 4 is 53.6 Å². The van der Waals surface area contributed by atoms with Crippen LogP contribution in [0.15, 0.2) is 78.9 Å². The summed E-state index contributed by atoms with van der Waals surface area (Å²) in [5, 5.41) is 2.88. The summed E-state index contributed by atoms with van der Waals surface area (Å²) in [4.78, 5) is 56.0. The van der Waals surface area contributed by atoms with Gasteiger partial charge in [0.05, 0.1) is 6.61 Å². The van der Waals surface area contributed by atoms with E-state index in [1.807, 2.05) is 39.0 Å². The molecule has 3 aromatic carbocycles. The van der Waals surface area contributed by atoms with Crippen LogP contribution in [0.2, 0.25) is 0 Å². The molecule has 0 unspecified atom stereocenters. The predicted octanol–water partition coefficient (Wildman–Crippen LogP) is 5.37. The van der Waals surface area contributed by atoms with Crippen LogP contribution in [0.3, 0.4) is 0 Å². The van der Waals surface area contributed by atoms with Crippen molar-refractivity contribution in [1.82, 2.24) is 4.90 Å². The smallest absolute Gasteiger partial charge is 0.796 e. The number of piperazine rings is 1. The Balaban J connectivity index is 0.00000241. The number of esters is 1. The minimum absolute atomic E-state index is 0. The molecule has 1 aliphatic heterocycles. The number of carbonyl (C=O) groups excluding carboxylic acids is 4. The van der Waals surface area contributed by atoms with Gasteiger partial charge in [0.2, 0.25) is 0 Å². The molecule has 3 amide bonds. The van der Waals surface area contributed by atoms with Crippen molar-refractivity contribution in [2.24, 2.45) is 0 Å². The van der Waals surface area contributed by atoms with E-state index in [4.69, 9.17) is 9.47 Å². The topological polar surface area (TPSA) is 108 Å². The van der Waals surface area contributed by atoms with Crippen molar-refractivity contribution in [2.75, 3.05) is 60.7 Å². The van der Waals surface area contributed by atoms with E-state index in [1.165, 1.54) is 4.90 Å². The van der Waals surface area contributed by atoms with E-state index in [1.54, 1.807) is 78.7 Å². The first-order chi connectivity index (χ1) is 21.5. The molecule has 1 fully saturated rings. The third-order valence-electron chi connectivity index (χ3n) is 6.72. The molecule has 0 aliphatic carbocycles. The molecule has 1 heterocycles. The Morgan fingerprint density at radius 2 is 1.41 bits per heavy atom. The maximum Gasteiger partial charge on any atom is 1.00 e. The van der Waals surface area contributed by atoms with Crippen molar-refractivity contribution in [1.29, 1.82) is 0 Å². The molecule has 0 bridgehead atoms. The second-order valence-electron chi connectivity index (χ2n) is 11.1. The van der Waals surface area contributed by atoms with Gasteiger partial charge in [0, 0.05) is 54.4 Å². The number of ether oxygens (including phenoxy) is 2. The first-order valence-corrected chi connectivity index (χ1v) is 15.5. The van der Waals surface area contributed by atoms with Gasteiger partial charge in [-0.2, -0.15) is 6.26 Å². The average Bonchev–Trinajstić information content (AvgIpc) is 3.04. The summed E-state index contributed by atoms with van der Waals surface area (Å²) in [6, 6.07) is 22.7. The van der Waals surface area contributed by atoms with E-state index in [0.717, 1.165) is 5.69 Å². The molecule has 12 heteroatoms. The van der Waals surface area contributed by atoms with E-state index in [0.29, 0.717) is 48.7 Å². The Hall–Kier alpha value is -3.77. The standard InChI is InChI=1S/C33H38N4O6.CH4S.Ag/c1-5-42-29(38)23-37(31(40)25-9-7-6-8-10-25)28-17-13-26(14-18-28)34-30(39)24-11-15-27(16-12-24)35-19-21-36(22-20-35)32(41)43-33(2,3)4;1-2;/h6-18H,5,19-23H2,1-4H3,(H,34,39);2H,1H3;/q;;+1/p-1. The Morgan fingerprint density at radius 3 is 1.96 bits per heavy atom. The number of carbonyl (C=O) groups is 4. The van der Waals surface area contributed by atoms with Crippen LogP contribution in [0.1, 0.15) is 48.4 Å². The molecular formula is C34H41AgN4O6S. The fraction of sp³-hybridized carbons (Fsp3) is 0.353. The Bertz CT molecular complexity index is 1420. The van der Waals surface area contributed by atoms with Crippen LogP contribution in [-0.2, 0) is 49.3 Å². The molecule has 46 heavy (non-hydrogen) atoms. The minimum atomic E-state index is -0.529. The molecular weight excluding hydrogens is 700 g/mol. The average molecular weight is 742 g/mol. The van der Waals surface area contributed by atoms with Gasteiger partial charge in [0.25, 0.3) is 11.8 Å². The Labute approximate surface area is 292 Å². The van der Waals surface area contributed by atoms with Crippen molar-refractivity contribution in [3.8, 4) is 0 Å². The van der Waals surface area contributed by atoms with Crippen LogP contribution < -0.4 is 15.1 Å². The first kappa shape index (κ1) is 38.4. The molecule has 1 N–H and O–H groups in total. The van der Waals surface area contributed by atoms with Crippen LogP contribution >= 0.6 is 0 Å². The van der Waals surface area contributed by atoms with Gasteiger partial charge in [0.15, 0.2) is 0 Å². The Morgan fingerprint density at radius 1 is 0.826 bits per heavy atom. The van der Waals surface area contributed by atoms with E-state index < -0.39 is 11.6 Å². The molecule has 3 aromatic rings. The number of nitrogens with one attached hydrogen (secondary N) is 1. The summed E-state index contributed by atoms with van der Waals surface area (Å²) in [6.07, 6.45) is 1.28. The van der Waals surface area contributed by atoms with Crippen LogP contribution in [0.25, 0.3) is 0 Å². The van der Waals surface area contributed by atoms with Crippen molar-refractivity contribution in [2.45, 2.75) is 33.3 Å². The van der Waals surface area contributed by atoms with Crippen LogP contribution in [0, 0.1) is 0 Å². The molecule has 0 atom stereocenters.